The van der Waals surface area contributed by atoms with E-state index >= 15 is 0 Å². The zero-order valence-electron chi connectivity index (χ0n) is 19.7. The molecule has 1 aromatic carbocycles. The molecule has 1 aliphatic heterocycles. The van der Waals surface area contributed by atoms with Crippen molar-refractivity contribution in [2.45, 2.75) is 45.3 Å². The van der Waals surface area contributed by atoms with Gasteiger partial charge < -0.3 is 23.7 Å². The van der Waals surface area contributed by atoms with Crippen LogP contribution in [0, 0.1) is 17.7 Å². The van der Waals surface area contributed by atoms with Gasteiger partial charge in [0.2, 0.25) is 11.6 Å². The monoisotopic (exact) mass is 503 g/mol. The summed E-state index contributed by atoms with van der Waals surface area (Å²) in [6, 6.07) is 5.76. The van der Waals surface area contributed by atoms with Gasteiger partial charge in [0.05, 0.1) is 12.7 Å². The van der Waals surface area contributed by atoms with Crippen LogP contribution in [0.1, 0.15) is 49.0 Å². The van der Waals surface area contributed by atoms with Crippen LogP contribution in [0.4, 0.5) is 4.39 Å². The molecule has 1 aromatic heterocycles. The molecule has 3 rings (SSSR count). The van der Waals surface area contributed by atoms with Gasteiger partial charge in [0, 0.05) is 20.8 Å². The lowest BCUT2D eigenvalue weighted by Crippen LogP contribution is -2.41. The smallest absolute Gasteiger partial charge is 0.375 e. The molecule has 1 fully saturated rings. The van der Waals surface area contributed by atoms with Crippen molar-refractivity contribution in [2.24, 2.45) is 0 Å². The van der Waals surface area contributed by atoms with Gasteiger partial charge in [0.1, 0.15) is 18.5 Å². The van der Waals surface area contributed by atoms with Crippen LogP contribution in [0.25, 0.3) is 0 Å². The summed E-state index contributed by atoms with van der Waals surface area (Å²) in [5.74, 6) is 0.942. The highest BCUT2D eigenvalue weighted by Crippen LogP contribution is 2.35. The van der Waals surface area contributed by atoms with E-state index in [9.17, 15) is 23.6 Å². The molecule has 36 heavy (non-hydrogen) atoms. The molecule has 0 amide bonds. The normalized spacial score (nSPS) is 20.6. The average Bonchev–Trinajstić information content (AvgIpc) is 3.37. The van der Waals surface area contributed by atoms with Crippen LogP contribution in [0.2, 0.25) is 0 Å². The predicted molar refractivity (Wildman–Crippen MR) is 115 cm³/mol. The van der Waals surface area contributed by atoms with Crippen molar-refractivity contribution >= 4 is 23.9 Å². The second-order valence-electron chi connectivity index (χ2n) is 7.44. The van der Waals surface area contributed by atoms with Crippen LogP contribution in [0.15, 0.2) is 24.3 Å². The van der Waals surface area contributed by atoms with Crippen molar-refractivity contribution < 1.29 is 47.3 Å². The molecule has 0 spiro atoms. The van der Waals surface area contributed by atoms with Gasteiger partial charge in [0.15, 0.2) is 18.4 Å². The van der Waals surface area contributed by atoms with Crippen molar-refractivity contribution in [1.82, 2.24) is 14.8 Å². The first-order chi connectivity index (χ1) is 17.1. The first kappa shape index (κ1) is 26.3. The minimum Gasteiger partial charge on any atom is -0.463 e. The molecule has 1 saturated heterocycles. The third-order valence-corrected chi connectivity index (χ3v) is 4.76. The molecule has 1 aliphatic rings. The van der Waals surface area contributed by atoms with Crippen LogP contribution in [0.3, 0.4) is 0 Å². The molecule has 0 unspecified atom stereocenters. The number of hydrogen-bond acceptors (Lipinski definition) is 11. The highest BCUT2D eigenvalue weighted by atomic mass is 19.1. The summed E-state index contributed by atoms with van der Waals surface area (Å²) < 4.78 is 41.1. The fraction of sp³-hybridized carbons (Fsp3) is 0.391. The standard InChI is InChI=1S/C23H22FN3O9/c1-12(28)33-11-17-19(34-13(2)29)20(35-14(3)30)22(36-17)27-21(23(31)32-4)25-18(26-27)10-9-15-7-5-6-8-16(15)24/h5-8,17,19-20,22H,11H2,1-4H3/t17-,19-,20-,22-/m1/s1. The van der Waals surface area contributed by atoms with Crippen molar-refractivity contribution in [1.29, 1.82) is 0 Å². The van der Waals surface area contributed by atoms with Crippen LogP contribution in [0.5, 0.6) is 0 Å². The number of nitrogens with zero attached hydrogens (tertiary/aromatic N) is 3. The summed E-state index contributed by atoms with van der Waals surface area (Å²) in [5.41, 5.74) is 0.0692. The molecule has 0 bridgehead atoms. The third-order valence-electron chi connectivity index (χ3n) is 4.76. The Kier molecular flexibility index (Phi) is 8.34. The summed E-state index contributed by atoms with van der Waals surface area (Å²) in [6.07, 6.45) is -4.98. The van der Waals surface area contributed by atoms with Gasteiger partial charge >= 0.3 is 23.9 Å². The number of methoxy groups -OCH3 is 1. The number of halogens is 1. The van der Waals surface area contributed by atoms with E-state index in [1.165, 1.54) is 25.1 Å². The number of ether oxygens (including phenoxy) is 5. The molecule has 0 aliphatic carbocycles. The summed E-state index contributed by atoms with van der Waals surface area (Å²) in [4.78, 5) is 51.4. The highest BCUT2D eigenvalue weighted by Gasteiger charge is 2.52. The number of hydrogen-bond donors (Lipinski definition) is 0. The van der Waals surface area contributed by atoms with Gasteiger partial charge in [-0.3, -0.25) is 14.4 Å². The maximum absolute atomic E-state index is 13.9. The lowest BCUT2D eigenvalue weighted by Gasteiger charge is -2.23. The molecule has 190 valence electrons. The van der Waals surface area contributed by atoms with Crippen molar-refractivity contribution in [2.75, 3.05) is 13.7 Å². The van der Waals surface area contributed by atoms with E-state index in [0.717, 1.165) is 25.6 Å². The summed E-state index contributed by atoms with van der Waals surface area (Å²) >= 11 is 0. The number of esters is 4. The quantitative estimate of drug-likeness (QED) is 0.315. The number of carbonyl (C=O) groups is 4. The zero-order valence-corrected chi connectivity index (χ0v) is 19.7. The molecule has 2 heterocycles. The topological polar surface area (TPSA) is 145 Å². The Labute approximate surface area is 204 Å². The Balaban J connectivity index is 2.06. The van der Waals surface area contributed by atoms with Crippen LogP contribution in [-0.2, 0) is 38.1 Å². The van der Waals surface area contributed by atoms with Gasteiger partial charge in [-0.2, -0.15) is 4.98 Å². The Morgan fingerprint density at radius 2 is 1.69 bits per heavy atom. The summed E-state index contributed by atoms with van der Waals surface area (Å²) in [7, 11) is 1.11. The fourth-order valence-corrected chi connectivity index (χ4v) is 3.36. The van der Waals surface area contributed by atoms with Gasteiger partial charge in [-0.1, -0.05) is 18.1 Å². The van der Waals surface area contributed by atoms with Crippen molar-refractivity contribution in [3.8, 4) is 11.8 Å². The Morgan fingerprint density at radius 1 is 1.03 bits per heavy atom. The van der Waals surface area contributed by atoms with Gasteiger partial charge in [0.25, 0.3) is 0 Å². The SMILES string of the molecule is COC(=O)c1nc(C#Cc2ccccc2F)nn1[C@@H]1O[C@H](COC(C)=O)[C@@H](OC(C)=O)[C@H]1OC(C)=O. The van der Waals surface area contributed by atoms with Gasteiger partial charge in [-0.15, -0.1) is 5.10 Å². The second-order valence-corrected chi connectivity index (χ2v) is 7.44. The predicted octanol–water partition coefficient (Wildman–Crippen LogP) is 0.927. The molecule has 0 saturated carbocycles. The van der Waals surface area contributed by atoms with E-state index in [1.54, 1.807) is 6.07 Å². The second kappa shape index (κ2) is 11.4. The van der Waals surface area contributed by atoms with E-state index in [-0.39, 0.29) is 23.8 Å². The van der Waals surface area contributed by atoms with Crippen LogP contribution < -0.4 is 0 Å². The van der Waals surface area contributed by atoms with E-state index in [0.29, 0.717) is 0 Å². The van der Waals surface area contributed by atoms with Gasteiger partial charge in [-0.25, -0.2) is 13.9 Å². The molecule has 0 N–H and O–H groups in total. The van der Waals surface area contributed by atoms with E-state index < -0.39 is 54.2 Å². The van der Waals surface area contributed by atoms with Gasteiger partial charge in [-0.05, 0) is 18.1 Å². The third kappa shape index (κ3) is 6.22. The number of carbonyl (C=O) groups excluding carboxylic acids is 4. The molecular formula is C23H22FN3O9. The molecule has 4 atom stereocenters. The zero-order chi connectivity index (χ0) is 26.4. The summed E-state index contributed by atoms with van der Waals surface area (Å²) in [5, 5.41) is 4.15. The lowest BCUT2D eigenvalue weighted by atomic mass is 10.1. The maximum atomic E-state index is 13.9. The Bertz CT molecular complexity index is 1230. The Morgan fingerprint density at radius 3 is 2.31 bits per heavy atom. The van der Waals surface area contributed by atoms with Crippen molar-refractivity contribution in [3.05, 3.63) is 47.3 Å². The van der Waals surface area contributed by atoms with E-state index in [2.05, 4.69) is 21.9 Å². The number of benzene rings is 1. The lowest BCUT2D eigenvalue weighted by molar-refractivity contribution is -0.166. The largest absolute Gasteiger partial charge is 0.463 e. The minimum absolute atomic E-state index is 0.0692. The molecular weight excluding hydrogens is 481 g/mol. The molecule has 13 heteroatoms. The first-order valence-electron chi connectivity index (χ1n) is 10.5. The number of rotatable bonds is 6. The molecule has 2 aromatic rings. The van der Waals surface area contributed by atoms with Crippen LogP contribution in [-0.4, -0.2) is 70.7 Å². The summed E-state index contributed by atoms with van der Waals surface area (Å²) in [6.45, 7) is 3.07. The maximum Gasteiger partial charge on any atom is 0.375 e. The first-order valence-corrected chi connectivity index (χ1v) is 10.5. The highest BCUT2D eigenvalue weighted by molar-refractivity contribution is 5.85. The van der Waals surface area contributed by atoms with Crippen LogP contribution >= 0.6 is 0 Å². The molecule has 12 nitrogen and oxygen atoms in total. The van der Waals surface area contributed by atoms with E-state index in [1.807, 2.05) is 0 Å². The van der Waals surface area contributed by atoms with Crippen molar-refractivity contribution in [3.63, 3.8) is 0 Å². The fourth-order valence-electron chi connectivity index (χ4n) is 3.36. The Hall–Kier alpha value is -4.31. The molecule has 0 radical (unpaired) electrons. The van der Waals surface area contributed by atoms with E-state index in [4.69, 9.17) is 23.7 Å². The number of aromatic nitrogens is 3. The average molecular weight is 503 g/mol. The minimum atomic E-state index is -1.36.